The van der Waals surface area contributed by atoms with Crippen LogP contribution in [0.3, 0.4) is 0 Å². The zero-order valence-electron chi connectivity index (χ0n) is 13.4. The Morgan fingerprint density at radius 3 is 2.08 bits per heavy atom. The minimum Gasteiger partial charge on any atom is -0.478 e. The highest BCUT2D eigenvalue weighted by Gasteiger charge is 2.17. The molecule has 0 saturated carbocycles. The maximum Gasteiger partial charge on any atom is 0.337 e. The third kappa shape index (κ3) is 4.03. The number of rotatable bonds is 4. The van der Waals surface area contributed by atoms with Gasteiger partial charge in [0.05, 0.1) is 11.3 Å². The van der Waals surface area contributed by atoms with Crippen LogP contribution in [0.15, 0.2) is 75.7 Å². The molecule has 0 aromatic heterocycles. The first kappa shape index (κ1) is 18.4. The molecule has 0 heterocycles. The van der Waals surface area contributed by atoms with Crippen molar-refractivity contribution in [3.05, 3.63) is 86.8 Å². The van der Waals surface area contributed by atoms with Gasteiger partial charge in [-0.15, -0.1) is 0 Å². The third-order valence-corrected chi connectivity index (χ3v) is 4.86. The van der Waals surface area contributed by atoms with Gasteiger partial charge in [0.15, 0.2) is 0 Å². The van der Waals surface area contributed by atoms with E-state index in [0.717, 1.165) is 11.1 Å². The number of halogens is 2. The highest BCUT2D eigenvalue weighted by Crippen LogP contribution is 2.31. The van der Waals surface area contributed by atoms with Crippen LogP contribution in [-0.2, 0) is 0 Å². The molecule has 0 unspecified atom stereocenters. The molecule has 0 spiro atoms. The minimum absolute atomic E-state index is 0.000468. The first-order valence-electron chi connectivity index (χ1n) is 7.65. The molecule has 0 aliphatic carbocycles. The Kier molecular flexibility index (Phi) is 5.54. The van der Waals surface area contributed by atoms with Crippen molar-refractivity contribution in [3.8, 4) is 11.1 Å². The van der Waals surface area contributed by atoms with Crippen LogP contribution >= 0.6 is 31.9 Å². The highest BCUT2D eigenvalue weighted by atomic mass is 79.9. The summed E-state index contributed by atoms with van der Waals surface area (Å²) in [6.07, 6.45) is 0. The molecule has 3 aromatic rings. The number of carbonyl (C=O) groups is 2. The van der Waals surface area contributed by atoms with E-state index in [9.17, 15) is 14.7 Å². The number of amides is 1. The van der Waals surface area contributed by atoms with Crippen LogP contribution in [0.4, 0.5) is 5.69 Å². The average molecular weight is 475 g/mol. The first-order valence-corrected chi connectivity index (χ1v) is 9.23. The normalized spacial score (nSPS) is 10.4. The lowest BCUT2D eigenvalue weighted by atomic mass is 10.0. The van der Waals surface area contributed by atoms with Crippen LogP contribution in [-0.4, -0.2) is 17.0 Å². The maximum absolute atomic E-state index is 12.5. The van der Waals surface area contributed by atoms with E-state index in [0.29, 0.717) is 14.5 Å². The van der Waals surface area contributed by atoms with E-state index in [1.54, 1.807) is 18.2 Å². The Balaban J connectivity index is 1.86. The fourth-order valence-electron chi connectivity index (χ4n) is 2.50. The predicted octanol–water partition coefficient (Wildman–Crippen LogP) is 5.83. The number of hydrogen-bond acceptors (Lipinski definition) is 2. The standard InChI is InChI=1S/C20H13Br2NO3/c21-15-10-16(20(25)26)18(17(22)11-15)23-19(24)14-8-6-13(7-9-14)12-4-2-1-3-5-12/h1-11H,(H,23,24)(H,25,26). The zero-order chi connectivity index (χ0) is 18.7. The smallest absolute Gasteiger partial charge is 0.337 e. The number of aromatic carboxylic acids is 1. The van der Waals surface area contributed by atoms with Gasteiger partial charge in [0.1, 0.15) is 0 Å². The average Bonchev–Trinajstić information content (AvgIpc) is 2.64. The van der Waals surface area contributed by atoms with Gasteiger partial charge in [-0.05, 0) is 51.3 Å². The van der Waals surface area contributed by atoms with Crippen LogP contribution in [0.5, 0.6) is 0 Å². The predicted molar refractivity (Wildman–Crippen MR) is 109 cm³/mol. The summed E-state index contributed by atoms with van der Waals surface area (Å²) in [4.78, 5) is 24.0. The molecule has 0 atom stereocenters. The van der Waals surface area contributed by atoms with E-state index in [1.807, 2.05) is 42.5 Å². The molecule has 0 aliphatic rings. The summed E-state index contributed by atoms with van der Waals surface area (Å²) in [5.74, 6) is -1.50. The van der Waals surface area contributed by atoms with Crippen molar-refractivity contribution in [3.63, 3.8) is 0 Å². The van der Waals surface area contributed by atoms with E-state index in [2.05, 4.69) is 37.2 Å². The second-order valence-corrected chi connectivity index (χ2v) is 7.28. The highest BCUT2D eigenvalue weighted by molar-refractivity contribution is 9.11. The molecule has 0 saturated heterocycles. The third-order valence-electron chi connectivity index (χ3n) is 3.78. The SMILES string of the molecule is O=C(Nc1c(Br)cc(Br)cc1C(=O)O)c1ccc(-c2ccccc2)cc1. The number of carboxylic acid groups (broad SMARTS) is 1. The van der Waals surface area contributed by atoms with Crippen molar-refractivity contribution >= 4 is 49.4 Å². The lowest BCUT2D eigenvalue weighted by Crippen LogP contribution is -2.15. The van der Waals surface area contributed by atoms with Crippen molar-refractivity contribution in [2.45, 2.75) is 0 Å². The zero-order valence-corrected chi connectivity index (χ0v) is 16.5. The van der Waals surface area contributed by atoms with Crippen LogP contribution in [0.25, 0.3) is 11.1 Å². The second kappa shape index (κ2) is 7.85. The van der Waals surface area contributed by atoms with Gasteiger partial charge in [-0.25, -0.2) is 4.79 Å². The topological polar surface area (TPSA) is 66.4 Å². The summed E-state index contributed by atoms with van der Waals surface area (Å²) in [5.41, 5.74) is 2.72. The quantitative estimate of drug-likeness (QED) is 0.500. The van der Waals surface area contributed by atoms with Crippen molar-refractivity contribution in [2.75, 3.05) is 5.32 Å². The van der Waals surface area contributed by atoms with Gasteiger partial charge in [-0.1, -0.05) is 58.4 Å². The number of anilines is 1. The molecule has 0 radical (unpaired) electrons. The van der Waals surface area contributed by atoms with E-state index >= 15 is 0 Å². The fourth-order valence-corrected chi connectivity index (χ4v) is 3.82. The van der Waals surface area contributed by atoms with Gasteiger partial charge >= 0.3 is 5.97 Å². The maximum atomic E-state index is 12.5. The van der Waals surface area contributed by atoms with Crippen molar-refractivity contribution in [1.29, 1.82) is 0 Å². The van der Waals surface area contributed by atoms with Crippen LogP contribution < -0.4 is 5.32 Å². The first-order chi connectivity index (χ1) is 12.5. The lowest BCUT2D eigenvalue weighted by molar-refractivity contribution is 0.0698. The molecule has 3 rings (SSSR count). The van der Waals surface area contributed by atoms with Gasteiger partial charge in [-0.2, -0.15) is 0 Å². The van der Waals surface area contributed by atoms with Crippen molar-refractivity contribution in [2.24, 2.45) is 0 Å². The molecule has 26 heavy (non-hydrogen) atoms. The number of hydrogen-bond donors (Lipinski definition) is 2. The summed E-state index contributed by atoms with van der Waals surface area (Å²) in [5, 5.41) is 12.0. The molecule has 6 heteroatoms. The Labute approximate surface area is 167 Å². The largest absolute Gasteiger partial charge is 0.478 e. The summed E-state index contributed by atoms with van der Waals surface area (Å²) < 4.78 is 1.09. The molecular formula is C20H13Br2NO3. The molecule has 130 valence electrons. The van der Waals surface area contributed by atoms with Crippen molar-refractivity contribution in [1.82, 2.24) is 0 Å². The van der Waals surface area contributed by atoms with Crippen LogP contribution in [0, 0.1) is 0 Å². The lowest BCUT2D eigenvalue weighted by Gasteiger charge is -2.12. The summed E-state index contributed by atoms with van der Waals surface area (Å²) >= 11 is 6.55. The molecule has 0 bridgehead atoms. The van der Waals surface area contributed by atoms with Gasteiger partial charge in [-0.3, -0.25) is 4.79 Å². The van der Waals surface area contributed by atoms with Crippen LogP contribution in [0.2, 0.25) is 0 Å². The summed E-state index contributed by atoms with van der Waals surface area (Å²) in [7, 11) is 0. The number of carboxylic acids is 1. The van der Waals surface area contributed by atoms with Crippen LogP contribution in [0.1, 0.15) is 20.7 Å². The molecule has 1 amide bonds. The minimum atomic E-state index is -1.12. The Hall–Kier alpha value is -2.44. The molecule has 0 fully saturated rings. The van der Waals surface area contributed by atoms with Gasteiger partial charge in [0, 0.05) is 14.5 Å². The fraction of sp³-hybridized carbons (Fsp3) is 0. The van der Waals surface area contributed by atoms with E-state index in [1.165, 1.54) is 6.07 Å². The van der Waals surface area contributed by atoms with Gasteiger partial charge < -0.3 is 10.4 Å². The molecular weight excluding hydrogens is 462 g/mol. The van der Waals surface area contributed by atoms with E-state index in [4.69, 9.17) is 0 Å². The molecule has 2 N–H and O–H groups in total. The number of nitrogens with one attached hydrogen (secondary N) is 1. The van der Waals surface area contributed by atoms with E-state index < -0.39 is 5.97 Å². The van der Waals surface area contributed by atoms with Gasteiger partial charge in [0.25, 0.3) is 5.91 Å². The Morgan fingerprint density at radius 1 is 0.846 bits per heavy atom. The Morgan fingerprint density at radius 2 is 1.46 bits per heavy atom. The molecule has 0 aliphatic heterocycles. The number of carbonyl (C=O) groups excluding carboxylic acids is 1. The Bertz CT molecular complexity index is 970. The van der Waals surface area contributed by atoms with Gasteiger partial charge in [0.2, 0.25) is 0 Å². The van der Waals surface area contributed by atoms with E-state index in [-0.39, 0.29) is 17.2 Å². The summed E-state index contributed by atoms with van der Waals surface area (Å²) in [6, 6.07) is 20.1. The summed E-state index contributed by atoms with van der Waals surface area (Å²) in [6.45, 7) is 0. The number of benzene rings is 3. The monoisotopic (exact) mass is 473 g/mol. The molecule has 3 aromatic carbocycles. The second-order valence-electron chi connectivity index (χ2n) is 5.51. The van der Waals surface area contributed by atoms with Crippen molar-refractivity contribution < 1.29 is 14.7 Å². The molecule has 4 nitrogen and oxygen atoms in total.